The van der Waals surface area contributed by atoms with Gasteiger partial charge in [-0.15, -0.1) is 0 Å². The molecule has 0 saturated heterocycles. The van der Waals surface area contributed by atoms with E-state index in [0.717, 1.165) is 11.1 Å². The molecular formula is C31H29NO6. The van der Waals surface area contributed by atoms with Gasteiger partial charge in [-0.05, 0) is 49.1 Å². The van der Waals surface area contributed by atoms with Crippen molar-refractivity contribution in [3.63, 3.8) is 0 Å². The third kappa shape index (κ3) is 5.22. The highest BCUT2D eigenvalue weighted by Gasteiger charge is 2.39. The van der Waals surface area contributed by atoms with Crippen molar-refractivity contribution in [2.24, 2.45) is 0 Å². The second-order valence-corrected chi connectivity index (χ2v) is 9.29. The summed E-state index contributed by atoms with van der Waals surface area (Å²) >= 11 is 0. The Balaban J connectivity index is 1.78. The molecule has 38 heavy (non-hydrogen) atoms. The highest BCUT2D eigenvalue weighted by molar-refractivity contribution is 5.98. The zero-order valence-corrected chi connectivity index (χ0v) is 21.2. The van der Waals surface area contributed by atoms with Crippen LogP contribution in [0.3, 0.4) is 0 Å². The molecule has 0 spiro atoms. The molecule has 1 aliphatic heterocycles. The van der Waals surface area contributed by atoms with E-state index in [1.165, 1.54) is 18.2 Å². The summed E-state index contributed by atoms with van der Waals surface area (Å²) in [6.45, 7) is 3.75. The number of hydrogen-bond donors (Lipinski definition) is 3. The van der Waals surface area contributed by atoms with E-state index >= 15 is 0 Å². The first-order valence-corrected chi connectivity index (χ1v) is 12.3. The first-order valence-electron chi connectivity index (χ1n) is 12.3. The van der Waals surface area contributed by atoms with Crippen LogP contribution < -0.4 is 0 Å². The average Bonchev–Trinajstić information content (AvgIpc) is 2.90. The summed E-state index contributed by atoms with van der Waals surface area (Å²) in [5, 5.41) is 29.9. The molecule has 1 aliphatic rings. The van der Waals surface area contributed by atoms with Crippen LogP contribution >= 0.6 is 0 Å². The van der Waals surface area contributed by atoms with Gasteiger partial charge in [-0.1, -0.05) is 72.8 Å². The van der Waals surface area contributed by atoms with Gasteiger partial charge in [0.2, 0.25) is 0 Å². The molecule has 0 radical (unpaired) electrons. The number of carboxylic acids is 3. The number of allylic oxidation sites excluding steroid dienone is 2. The van der Waals surface area contributed by atoms with Gasteiger partial charge in [0.25, 0.3) is 0 Å². The first kappa shape index (κ1) is 26.4. The average molecular weight is 512 g/mol. The van der Waals surface area contributed by atoms with E-state index in [1.54, 1.807) is 24.8 Å². The zero-order valence-electron chi connectivity index (χ0n) is 21.2. The maximum atomic E-state index is 12.6. The number of hydrogen-bond acceptors (Lipinski definition) is 4. The summed E-state index contributed by atoms with van der Waals surface area (Å²) in [5.74, 6) is -4.75. The van der Waals surface area contributed by atoms with Crippen molar-refractivity contribution in [1.82, 2.24) is 4.90 Å². The van der Waals surface area contributed by atoms with Gasteiger partial charge in [0.15, 0.2) is 0 Å². The predicted molar refractivity (Wildman–Crippen MR) is 143 cm³/mol. The Labute approximate surface area is 221 Å². The lowest BCUT2D eigenvalue weighted by Gasteiger charge is -2.38. The van der Waals surface area contributed by atoms with Gasteiger partial charge in [-0.25, -0.2) is 14.4 Å². The van der Waals surface area contributed by atoms with E-state index in [1.807, 2.05) is 36.4 Å². The highest BCUT2D eigenvalue weighted by atomic mass is 16.4. The fourth-order valence-electron chi connectivity index (χ4n) is 5.34. The molecular weight excluding hydrogens is 482 g/mol. The van der Waals surface area contributed by atoms with Crippen molar-refractivity contribution in [2.45, 2.75) is 32.1 Å². The molecule has 1 heterocycles. The molecule has 4 rings (SSSR count). The van der Waals surface area contributed by atoms with E-state index in [4.69, 9.17) is 0 Å². The van der Waals surface area contributed by atoms with Crippen LogP contribution in [0.1, 0.15) is 59.2 Å². The Kier molecular flexibility index (Phi) is 7.76. The van der Waals surface area contributed by atoms with Gasteiger partial charge in [0.1, 0.15) is 0 Å². The topological polar surface area (TPSA) is 115 Å². The maximum Gasteiger partial charge on any atom is 0.335 e. The lowest BCUT2D eigenvalue weighted by Crippen LogP contribution is -2.35. The molecule has 0 atom stereocenters. The highest BCUT2D eigenvalue weighted by Crippen LogP contribution is 2.43. The van der Waals surface area contributed by atoms with E-state index in [2.05, 4.69) is 24.3 Å². The molecule has 0 saturated carbocycles. The van der Waals surface area contributed by atoms with Gasteiger partial charge < -0.3 is 20.2 Å². The molecule has 3 aromatic rings. The smallest absolute Gasteiger partial charge is 0.335 e. The number of carbonyl (C=O) groups is 3. The Morgan fingerprint density at radius 2 is 1.21 bits per heavy atom. The lowest BCUT2D eigenvalue weighted by molar-refractivity contribution is -0.133. The van der Waals surface area contributed by atoms with E-state index in [9.17, 15) is 29.7 Å². The fourth-order valence-corrected chi connectivity index (χ4v) is 5.34. The summed E-state index contributed by atoms with van der Waals surface area (Å²) in [6, 6.07) is 25.8. The van der Waals surface area contributed by atoms with Gasteiger partial charge in [-0.2, -0.15) is 0 Å². The van der Waals surface area contributed by atoms with Crippen LogP contribution in [0.15, 0.2) is 107 Å². The third-order valence-electron chi connectivity index (χ3n) is 7.14. The van der Waals surface area contributed by atoms with Crippen LogP contribution in [0.4, 0.5) is 0 Å². The molecule has 0 unspecified atom stereocenters. The summed E-state index contributed by atoms with van der Waals surface area (Å²) < 4.78 is 0. The van der Waals surface area contributed by atoms with Crippen molar-refractivity contribution in [3.8, 4) is 0 Å². The van der Waals surface area contributed by atoms with Crippen LogP contribution in [0.5, 0.6) is 0 Å². The molecule has 0 amide bonds. The number of aromatic carboxylic acids is 1. The number of nitrogens with zero attached hydrogens (tertiary/aromatic N) is 1. The molecule has 0 bridgehead atoms. The molecule has 7 nitrogen and oxygen atoms in total. The summed E-state index contributed by atoms with van der Waals surface area (Å²) in [4.78, 5) is 38.4. The molecule has 7 heteroatoms. The van der Waals surface area contributed by atoms with Crippen LogP contribution in [0.25, 0.3) is 0 Å². The van der Waals surface area contributed by atoms with Crippen LogP contribution in [0.2, 0.25) is 0 Å². The standard InChI is InChI=1S/C31H29NO6/c1-19-26(30(35)36)28(23-14-9-15-24(18-23)29(33)34)27(31(37)38)20(2)32(19)17-16-25(21-10-5-3-6-11-21)22-12-7-4-8-13-22/h3-15,18,25,28H,16-17H2,1-2H3,(H,33,34)(H,35,36)(H,37,38). The van der Waals surface area contributed by atoms with E-state index in [0.29, 0.717) is 29.9 Å². The Hall–Kier alpha value is -4.65. The maximum absolute atomic E-state index is 12.6. The van der Waals surface area contributed by atoms with Gasteiger partial charge in [-0.3, -0.25) is 0 Å². The number of carboxylic acid groups (broad SMARTS) is 3. The van der Waals surface area contributed by atoms with Crippen LogP contribution in [-0.2, 0) is 9.59 Å². The van der Waals surface area contributed by atoms with Crippen LogP contribution in [-0.4, -0.2) is 44.7 Å². The fraction of sp³-hybridized carbons (Fsp3) is 0.194. The van der Waals surface area contributed by atoms with Crippen molar-refractivity contribution < 1.29 is 29.7 Å². The summed E-state index contributed by atoms with van der Waals surface area (Å²) in [7, 11) is 0. The monoisotopic (exact) mass is 511 g/mol. The predicted octanol–water partition coefficient (Wildman–Crippen LogP) is 5.72. The molecule has 0 fully saturated rings. The number of benzene rings is 3. The van der Waals surface area contributed by atoms with E-state index in [-0.39, 0.29) is 22.6 Å². The van der Waals surface area contributed by atoms with Crippen molar-refractivity contribution >= 4 is 17.9 Å². The summed E-state index contributed by atoms with van der Waals surface area (Å²) in [5.41, 5.74) is 3.21. The molecule has 0 aliphatic carbocycles. The molecule has 194 valence electrons. The van der Waals surface area contributed by atoms with Crippen molar-refractivity contribution in [1.29, 1.82) is 0 Å². The second kappa shape index (κ2) is 11.2. The normalized spacial score (nSPS) is 14.2. The third-order valence-corrected chi connectivity index (χ3v) is 7.14. The Morgan fingerprint density at radius 3 is 1.66 bits per heavy atom. The SMILES string of the molecule is CC1=C(C(=O)O)C(c2cccc(C(=O)O)c2)C(C(=O)O)=C(C)N1CCC(c1ccccc1)c1ccccc1. The molecule has 0 aromatic heterocycles. The largest absolute Gasteiger partial charge is 0.478 e. The Bertz CT molecular complexity index is 1350. The van der Waals surface area contributed by atoms with Crippen molar-refractivity contribution in [3.05, 3.63) is 130 Å². The summed E-state index contributed by atoms with van der Waals surface area (Å²) in [6.07, 6.45) is 0.613. The number of rotatable bonds is 9. The zero-order chi connectivity index (χ0) is 27.4. The molecule has 3 aromatic carbocycles. The van der Waals surface area contributed by atoms with Gasteiger partial charge in [0, 0.05) is 23.9 Å². The minimum atomic E-state index is -1.24. The quantitative estimate of drug-likeness (QED) is 0.336. The van der Waals surface area contributed by atoms with Crippen molar-refractivity contribution in [2.75, 3.05) is 6.54 Å². The van der Waals surface area contributed by atoms with E-state index < -0.39 is 23.8 Å². The molecule has 3 N–H and O–H groups in total. The Morgan fingerprint density at radius 1 is 0.711 bits per heavy atom. The number of aliphatic carboxylic acids is 2. The van der Waals surface area contributed by atoms with Crippen LogP contribution in [0, 0.1) is 0 Å². The first-order chi connectivity index (χ1) is 18.2. The van der Waals surface area contributed by atoms with Gasteiger partial charge in [0.05, 0.1) is 22.6 Å². The minimum Gasteiger partial charge on any atom is -0.478 e. The lowest BCUT2D eigenvalue weighted by atomic mass is 9.79. The second-order valence-electron chi connectivity index (χ2n) is 9.29. The minimum absolute atomic E-state index is 0.0181. The van der Waals surface area contributed by atoms with Gasteiger partial charge >= 0.3 is 17.9 Å².